The summed E-state index contributed by atoms with van der Waals surface area (Å²) in [6, 6.07) is 5.26. The predicted molar refractivity (Wildman–Crippen MR) is 63.0 cm³/mol. The monoisotopic (exact) mass is 237 g/mol. The number of hydrogen-bond donors (Lipinski definition) is 1. The molecule has 5 nitrogen and oxygen atoms in total. The number of carboxylic acid groups (broad SMARTS) is 1. The van der Waals surface area contributed by atoms with Crippen LogP contribution in [0.25, 0.3) is 0 Å². The molecular formula is C12H15NO4. The van der Waals surface area contributed by atoms with Gasteiger partial charge < -0.3 is 19.5 Å². The molecule has 1 N–H and O–H groups in total. The first kappa shape index (κ1) is 11.7. The molecule has 0 unspecified atom stereocenters. The number of hydrogen-bond acceptors (Lipinski definition) is 4. The van der Waals surface area contributed by atoms with Gasteiger partial charge in [-0.1, -0.05) is 6.07 Å². The number of nitrogens with zero attached hydrogens (tertiary/aromatic N) is 1. The van der Waals surface area contributed by atoms with E-state index in [1.165, 1.54) is 7.11 Å². The number of morpholine rings is 1. The number of benzene rings is 1. The molecule has 1 aliphatic rings. The standard InChI is InChI=1S/C12H15NO4/c1-16-10-4-2-3-9(11(10)12(14)15)13-5-7-17-8-6-13/h2-4H,5-8H2,1H3,(H,14,15). The van der Waals surface area contributed by atoms with Crippen molar-refractivity contribution in [1.82, 2.24) is 0 Å². The van der Waals surface area contributed by atoms with E-state index in [0.29, 0.717) is 37.7 Å². The Morgan fingerprint density at radius 1 is 1.41 bits per heavy atom. The molecule has 1 saturated heterocycles. The minimum Gasteiger partial charge on any atom is -0.496 e. The number of methoxy groups -OCH3 is 1. The lowest BCUT2D eigenvalue weighted by atomic mass is 10.1. The van der Waals surface area contributed by atoms with E-state index in [9.17, 15) is 9.90 Å². The Labute approximate surface area is 99.6 Å². The second kappa shape index (κ2) is 5.05. The van der Waals surface area contributed by atoms with Gasteiger partial charge in [0.1, 0.15) is 11.3 Å². The minimum absolute atomic E-state index is 0.219. The zero-order valence-corrected chi connectivity index (χ0v) is 9.68. The topological polar surface area (TPSA) is 59.0 Å². The van der Waals surface area contributed by atoms with Crippen LogP contribution < -0.4 is 9.64 Å². The molecule has 1 fully saturated rings. The van der Waals surface area contributed by atoms with Crippen LogP contribution in [0.4, 0.5) is 5.69 Å². The zero-order chi connectivity index (χ0) is 12.3. The van der Waals surface area contributed by atoms with E-state index in [2.05, 4.69) is 0 Å². The summed E-state index contributed by atoms with van der Waals surface area (Å²) in [7, 11) is 1.48. The number of carbonyl (C=O) groups is 1. The van der Waals surface area contributed by atoms with E-state index >= 15 is 0 Å². The Morgan fingerprint density at radius 3 is 2.71 bits per heavy atom. The molecular weight excluding hydrogens is 222 g/mol. The van der Waals surface area contributed by atoms with E-state index in [1.54, 1.807) is 18.2 Å². The van der Waals surface area contributed by atoms with Crippen LogP contribution in [0.2, 0.25) is 0 Å². The first-order valence-corrected chi connectivity index (χ1v) is 5.47. The normalized spacial score (nSPS) is 15.7. The molecule has 0 aromatic heterocycles. The Hall–Kier alpha value is -1.75. The third-order valence-electron chi connectivity index (χ3n) is 2.79. The molecule has 0 amide bonds. The van der Waals surface area contributed by atoms with Crippen molar-refractivity contribution in [2.24, 2.45) is 0 Å². The summed E-state index contributed by atoms with van der Waals surface area (Å²) in [5, 5.41) is 9.27. The zero-order valence-electron chi connectivity index (χ0n) is 9.68. The Morgan fingerprint density at radius 2 is 2.12 bits per heavy atom. The van der Waals surface area contributed by atoms with E-state index in [-0.39, 0.29) is 5.56 Å². The first-order valence-electron chi connectivity index (χ1n) is 5.47. The number of ether oxygens (including phenoxy) is 2. The summed E-state index contributed by atoms with van der Waals surface area (Å²) >= 11 is 0. The van der Waals surface area contributed by atoms with E-state index in [4.69, 9.17) is 9.47 Å². The molecule has 1 aromatic rings. The smallest absolute Gasteiger partial charge is 0.341 e. The highest BCUT2D eigenvalue weighted by molar-refractivity contribution is 5.97. The van der Waals surface area contributed by atoms with Crippen LogP contribution in [0.15, 0.2) is 18.2 Å². The Bertz CT molecular complexity index is 413. The highest BCUT2D eigenvalue weighted by Gasteiger charge is 2.21. The van der Waals surface area contributed by atoms with Crippen molar-refractivity contribution in [1.29, 1.82) is 0 Å². The lowest BCUT2D eigenvalue weighted by Gasteiger charge is -2.30. The molecule has 17 heavy (non-hydrogen) atoms. The van der Waals surface area contributed by atoms with Crippen LogP contribution in [-0.2, 0) is 4.74 Å². The van der Waals surface area contributed by atoms with Gasteiger partial charge in [0.05, 0.1) is 26.0 Å². The van der Waals surface area contributed by atoms with E-state index in [1.807, 2.05) is 4.90 Å². The molecule has 1 heterocycles. The molecule has 0 bridgehead atoms. The van der Waals surface area contributed by atoms with Gasteiger partial charge in [0.2, 0.25) is 0 Å². The lowest BCUT2D eigenvalue weighted by Crippen LogP contribution is -2.37. The van der Waals surface area contributed by atoms with Crippen LogP contribution in [0.1, 0.15) is 10.4 Å². The Kier molecular flexibility index (Phi) is 3.49. The van der Waals surface area contributed by atoms with Crippen molar-refractivity contribution in [2.45, 2.75) is 0 Å². The average molecular weight is 237 g/mol. The maximum Gasteiger partial charge on any atom is 0.341 e. The summed E-state index contributed by atoms with van der Waals surface area (Å²) < 4.78 is 10.4. The second-order valence-electron chi connectivity index (χ2n) is 3.76. The molecule has 2 rings (SSSR count). The first-order chi connectivity index (χ1) is 8.24. The van der Waals surface area contributed by atoms with Gasteiger partial charge in [-0.25, -0.2) is 4.79 Å². The van der Waals surface area contributed by atoms with Crippen molar-refractivity contribution in [3.63, 3.8) is 0 Å². The molecule has 0 aliphatic carbocycles. The highest BCUT2D eigenvalue weighted by Crippen LogP contribution is 2.29. The minimum atomic E-state index is -0.969. The van der Waals surface area contributed by atoms with Crippen molar-refractivity contribution < 1.29 is 19.4 Å². The molecule has 0 atom stereocenters. The average Bonchev–Trinajstić information content (AvgIpc) is 2.38. The van der Waals surface area contributed by atoms with Crippen molar-refractivity contribution >= 4 is 11.7 Å². The van der Waals surface area contributed by atoms with Gasteiger partial charge in [0.25, 0.3) is 0 Å². The third kappa shape index (κ3) is 2.34. The summed E-state index contributed by atoms with van der Waals surface area (Å²) in [5.41, 5.74) is 0.914. The van der Waals surface area contributed by atoms with Crippen LogP contribution >= 0.6 is 0 Å². The van der Waals surface area contributed by atoms with Gasteiger partial charge in [-0.2, -0.15) is 0 Å². The van der Waals surface area contributed by atoms with Crippen molar-refractivity contribution in [3.8, 4) is 5.75 Å². The van der Waals surface area contributed by atoms with Crippen LogP contribution in [0.5, 0.6) is 5.75 Å². The third-order valence-corrected chi connectivity index (χ3v) is 2.79. The SMILES string of the molecule is COc1cccc(N2CCOCC2)c1C(=O)O. The van der Waals surface area contributed by atoms with Gasteiger partial charge in [0.15, 0.2) is 0 Å². The molecule has 0 saturated carbocycles. The summed E-state index contributed by atoms with van der Waals surface area (Å²) in [6.07, 6.45) is 0. The fourth-order valence-electron chi connectivity index (χ4n) is 1.97. The molecule has 0 spiro atoms. The second-order valence-corrected chi connectivity index (χ2v) is 3.76. The fourth-order valence-corrected chi connectivity index (χ4v) is 1.97. The number of carboxylic acids is 1. The Balaban J connectivity index is 2.40. The van der Waals surface area contributed by atoms with Gasteiger partial charge in [-0.3, -0.25) is 0 Å². The van der Waals surface area contributed by atoms with E-state index < -0.39 is 5.97 Å². The molecule has 1 aromatic carbocycles. The van der Waals surface area contributed by atoms with Crippen LogP contribution in [-0.4, -0.2) is 44.5 Å². The van der Waals surface area contributed by atoms with E-state index in [0.717, 1.165) is 0 Å². The summed E-state index contributed by atoms with van der Waals surface area (Å²) in [5.74, 6) is -0.578. The van der Waals surface area contributed by atoms with Crippen LogP contribution in [0, 0.1) is 0 Å². The fraction of sp³-hybridized carbons (Fsp3) is 0.417. The van der Waals surface area contributed by atoms with Crippen LogP contribution in [0.3, 0.4) is 0 Å². The van der Waals surface area contributed by atoms with Crippen molar-refractivity contribution in [2.75, 3.05) is 38.3 Å². The summed E-state index contributed by atoms with van der Waals surface area (Å²) in [6.45, 7) is 2.65. The lowest BCUT2D eigenvalue weighted by molar-refractivity contribution is 0.0692. The molecule has 1 aliphatic heterocycles. The van der Waals surface area contributed by atoms with Crippen molar-refractivity contribution in [3.05, 3.63) is 23.8 Å². The summed E-state index contributed by atoms with van der Waals surface area (Å²) in [4.78, 5) is 13.3. The predicted octanol–water partition coefficient (Wildman–Crippen LogP) is 1.23. The quantitative estimate of drug-likeness (QED) is 0.856. The largest absolute Gasteiger partial charge is 0.496 e. The van der Waals surface area contributed by atoms with Gasteiger partial charge in [-0.15, -0.1) is 0 Å². The molecule has 5 heteroatoms. The highest BCUT2D eigenvalue weighted by atomic mass is 16.5. The maximum absolute atomic E-state index is 11.3. The van der Waals surface area contributed by atoms with Gasteiger partial charge >= 0.3 is 5.97 Å². The molecule has 92 valence electrons. The number of rotatable bonds is 3. The van der Waals surface area contributed by atoms with Gasteiger partial charge in [0, 0.05) is 13.1 Å². The number of anilines is 1. The maximum atomic E-state index is 11.3. The number of aromatic carboxylic acids is 1. The van der Waals surface area contributed by atoms with Gasteiger partial charge in [-0.05, 0) is 12.1 Å². The molecule has 0 radical (unpaired) electrons.